The van der Waals surface area contributed by atoms with Crippen LogP contribution in [0.5, 0.6) is 0 Å². The molecule has 2 aromatic carbocycles. The Morgan fingerprint density at radius 3 is 2.39 bits per heavy atom. The van der Waals surface area contributed by atoms with E-state index in [2.05, 4.69) is 11.9 Å². The highest BCUT2D eigenvalue weighted by Crippen LogP contribution is 2.48. The number of likely N-dealkylation sites (tertiary alicyclic amines) is 1. The van der Waals surface area contributed by atoms with Crippen LogP contribution < -0.4 is 5.32 Å². The third-order valence-electron chi connectivity index (χ3n) is 6.28. The number of hydrogen-bond donors (Lipinski definition) is 2. The number of rotatable bonds is 3. The average molecular weight is 451 g/mol. The molecule has 0 spiro atoms. The van der Waals surface area contributed by atoms with Crippen LogP contribution in [-0.2, 0) is 6.18 Å². The number of aliphatic hydroxyl groups excluding tert-OH is 1. The second-order valence-electron chi connectivity index (χ2n) is 8.25. The molecule has 8 heteroatoms. The minimum absolute atomic E-state index is 0.154. The van der Waals surface area contributed by atoms with Crippen molar-refractivity contribution in [2.45, 2.75) is 24.9 Å². The third kappa shape index (κ3) is 4.37. The number of aliphatic hydroxyl groups is 1. The molecule has 2 amide bonds. The van der Waals surface area contributed by atoms with Crippen LogP contribution in [0.15, 0.2) is 49.0 Å². The second-order valence-corrected chi connectivity index (χ2v) is 8.68. The van der Waals surface area contributed by atoms with Gasteiger partial charge in [-0.15, -0.1) is 0 Å². The van der Waals surface area contributed by atoms with Crippen LogP contribution in [-0.4, -0.2) is 29.1 Å². The highest BCUT2D eigenvalue weighted by atomic mass is 35.5. The van der Waals surface area contributed by atoms with Crippen LogP contribution >= 0.6 is 11.6 Å². The number of nitrogens with zero attached hydrogens (tertiary/aromatic N) is 1. The van der Waals surface area contributed by atoms with E-state index in [0.717, 1.165) is 6.07 Å². The first-order chi connectivity index (χ1) is 14.6. The number of amides is 2. The molecule has 0 aromatic heterocycles. The molecule has 1 aliphatic carbocycles. The molecule has 1 saturated heterocycles. The number of alkyl halides is 3. The van der Waals surface area contributed by atoms with Gasteiger partial charge in [0.05, 0.1) is 11.3 Å². The number of halogens is 4. The van der Waals surface area contributed by atoms with Gasteiger partial charge in [-0.1, -0.05) is 36.4 Å². The fourth-order valence-corrected chi connectivity index (χ4v) is 5.06. The molecule has 2 fully saturated rings. The van der Waals surface area contributed by atoms with Crippen molar-refractivity contribution in [1.82, 2.24) is 4.90 Å². The van der Waals surface area contributed by atoms with Crippen LogP contribution in [0, 0.1) is 11.8 Å². The largest absolute Gasteiger partial charge is 0.508 e. The van der Waals surface area contributed by atoms with E-state index in [0.29, 0.717) is 47.8 Å². The Labute approximate surface area is 183 Å². The number of hydrogen-bond acceptors (Lipinski definition) is 2. The van der Waals surface area contributed by atoms with Crippen molar-refractivity contribution in [3.05, 3.63) is 70.8 Å². The Bertz CT molecular complexity index is 1010. The first kappa shape index (κ1) is 21.6. The van der Waals surface area contributed by atoms with Gasteiger partial charge in [0.2, 0.25) is 0 Å². The Morgan fingerprint density at radius 2 is 1.77 bits per heavy atom. The molecule has 1 saturated carbocycles. The summed E-state index contributed by atoms with van der Waals surface area (Å²) in [5, 5.41) is 12.9. The van der Waals surface area contributed by atoms with Crippen molar-refractivity contribution in [2.24, 2.45) is 11.8 Å². The Kier molecular flexibility index (Phi) is 5.64. The number of carbonyl (C=O) groups excluding carboxylic acids is 1. The standard InChI is InChI=1S/C23H22ClF3N2O2/c1-13(30)19-10-17(24)6-7-21(19)28-22(31)29-11-15-8-14(9-16(15)12-29)18-4-2-3-5-20(18)23(25,26)27/h2-7,10,14-16,30H,1,8-9,11-12H2,(H,28,31)/t14?,15-,16+. The molecule has 31 heavy (non-hydrogen) atoms. The molecule has 2 aromatic rings. The van der Waals surface area contributed by atoms with Crippen molar-refractivity contribution < 1.29 is 23.1 Å². The van der Waals surface area contributed by atoms with Gasteiger partial charge in [-0.05, 0) is 60.4 Å². The average Bonchev–Trinajstić information content (AvgIpc) is 3.28. The van der Waals surface area contributed by atoms with Gasteiger partial charge in [0.1, 0.15) is 5.76 Å². The van der Waals surface area contributed by atoms with Gasteiger partial charge in [-0.3, -0.25) is 0 Å². The number of benzene rings is 2. The number of nitrogens with one attached hydrogen (secondary N) is 1. The number of urea groups is 1. The third-order valence-corrected chi connectivity index (χ3v) is 6.51. The summed E-state index contributed by atoms with van der Waals surface area (Å²) in [5.74, 6) is -0.0371. The molecule has 1 aliphatic heterocycles. The zero-order chi connectivity index (χ0) is 22.3. The first-order valence-electron chi connectivity index (χ1n) is 10.0. The van der Waals surface area contributed by atoms with Gasteiger partial charge in [-0.25, -0.2) is 4.79 Å². The molecule has 4 rings (SSSR count). The van der Waals surface area contributed by atoms with Crippen molar-refractivity contribution in [2.75, 3.05) is 18.4 Å². The Morgan fingerprint density at radius 1 is 1.13 bits per heavy atom. The summed E-state index contributed by atoms with van der Waals surface area (Å²) in [7, 11) is 0. The number of anilines is 1. The predicted molar refractivity (Wildman–Crippen MR) is 114 cm³/mol. The Balaban J connectivity index is 1.43. The minimum atomic E-state index is -4.37. The van der Waals surface area contributed by atoms with E-state index >= 15 is 0 Å². The molecule has 1 heterocycles. The quantitative estimate of drug-likeness (QED) is 0.521. The van der Waals surface area contributed by atoms with Crippen LogP contribution in [0.4, 0.5) is 23.7 Å². The summed E-state index contributed by atoms with van der Waals surface area (Å²) in [6, 6.07) is 10.2. The normalized spacial score (nSPS) is 23.0. The molecular weight excluding hydrogens is 429 g/mol. The summed E-state index contributed by atoms with van der Waals surface area (Å²) >= 11 is 5.95. The highest BCUT2D eigenvalue weighted by molar-refractivity contribution is 6.30. The lowest BCUT2D eigenvalue weighted by Gasteiger charge is -2.22. The van der Waals surface area contributed by atoms with Gasteiger partial charge in [0.25, 0.3) is 0 Å². The summed E-state index contributed by atoms with van der Waals surface area (Å²) in [6.07, 6.45) is -3.12. The molecule has 2 aliphatic rings. The van der Waals surface area contributed by atoms with Crippen LogP contribution in [0.3, 0.4) is 0 Å². The lowest BCUT2D eigenvalue weighted by molar-refractivity contribution is -0.138. The summed E-state index contributed by atoms with van der Waals surface area (Å²) in [4.78, 5) is 14.4. The number of carbonyl (C=O) groups is 1. The van der Waals surface area contributed by atoms with Crippen molar-refractivity contribution in [3.8, 4) is 0 Å². The van der Waals surface area contributed by atoms with Gasteiger partial charge in [-0.2, -0.15) is 13.2 Å². The maximum Gasteiger partial charge on any atom is 0.416 e. The minimum Gasteiger partial charge on any atom is -0.508 e. The summed E-state index contributed by atoms with van der Waals surface area (Å²) in [5.41, 5.74) is 0.529. The maximum absolute atomic E-state index is 13.4. The SMILES string of the molecule is C=C(O)c1cc(Cl)ccc1NC(=O)N1C[C@H]2CC(c3ccccc3C(F)(F)F)C[C@H]2C1. The zero-order valence-corrected chi connectivity index (χ0v) is 17.4. The molecule has 164 valence electrons. The van der Waals surface area contributed by atoms with Gasteiger partial charge in [0.15, 0.2) is 0 Å². The van der Waals surface area contributed by atoms with E-state index in [1.807, 2.05) is 0 Å². The lowest BCUT2D eigenvalue weighted by Crippen LogP contribution is -2.34. The Hall–Kier alpha value is -2.67. The van der Waals surface area contributed by atoms with E-state index in [-0.39, 0.29) is 29.5 Å². The lowest BCUT2D eigenvalue weighted by atomic mass is 9.91. The molecule has 3 atom stereocenters. The van der Waals surface area contributed by atoms with E-state index < -0.39 is 11.7 Å². The van der Waals surface area contributed by atoms with Crippen LogP contribution in [0.2, 0.25) is 5.02 Å². The second kappa shape index (κ2) is 8.11. The van der Waals surface area contributed by atoms with Crippen LogP contribution in [0.25, 0.3) is 5.76 Å². The molecule has 0 bridgehead atoms. The molecule has 0 radical (unpaired) electrons. The zero-order valence-electron chi connectivity index (χ0n) is 16.6. The predicted octanol–water partition coefficient (Wildman–Crippen LogP) is 6.55. The smallest absolute Gasteiger partial charge is 0.416 e. The fourth-order valence-electron chi connectivity index (χ4n) is 4.89. The molecule has 4 nitrogen and oxygen atoms in total. The van der Waals surface area contributed by atoms with Gasteiger partial charge >= 0.3 is 12.2 Å². The van der Waals surface area contributed by atoms with Crippen molar-refractivity contribution in [3.63, 3.8) is 0 Å². The van der Waals surface area contributed by atoms with Gasteiger partial charge < -0.3 is 15.3 Å². The monoisotopic (exact) mass is 450 g/mol. The van der Waals surface area contributed by atoms with Crippen molar-refractivity contribution >= 4 is 29.1 Å². The van der Waals surface area contributed by atoms with Crippen LogP contribution in [0.1, 0.15) is 35.4 Å². The fraction of sp³-hybridized carbons (Fsp3) is 0.348. The maximum atomic E-state index is 13.4. The molecule has 1 unspecified atom stereocenters. The molecular formula is C23H22ClF3N2O2. The summed E-state index contributed by atoms with van der Waals surface area (Å²) < 4.78 is 40.2. The van der Waals surface area contributed by atoms with E-state index in [1.165, 1.54) is 12.1 Å². The highest BCUT2D eigenvalue weighted by Gasteiger charge is 2.45. The topological polar surface area (TPSA) is 52.6 Å². The number of fused-ring (bicyclic) bond motifs is 1. The molecule has 2 N–H and O–H groups in total. The van der Waals surface area contributed by atoms with E-state index in [9.17, 15) is 23.1 Å². The van der Waals surface area contributed by atoms with E-state index in [4.69, 9.17) is 11.6 Å². The first-order valence-corrected chi connectivity index (χ1v) is 10.4. The van der Waals surface area contributed by atoms with Gasteiger partial charge in [0, 0.05) is 23.7 Å². The summed E-state index contributed by atoms with van der Waals surface area (Å²) in [6.45, 7) is 4.47. The van der Waals surface area contributed by atoms with E-state index in [1.54, 1.807) is 29.2 Å². The van der Waals surface area contributed by atoms with Crippen molar-refractivity contribution in [1.29, 1.82) is 0 Å².